The first kappa shape index (κ1) is 14.2. The molecule has 15 heavy (non-hydrogen) atoms. The van der Waals surface area contributed by atoms with E-state index >= 15 is 0 Å². The monoisotopic (exact) mass is 216 g/mol. The van der Waals surface area contributed by atoms with Crippen LogP contribution in [0.25, 0.3) is 0 Å². The summed E-state index contributed by atoms with van der Waals surface area (Å²) in [6.07, 6.45) is 0.590. The standard InChI is InChI=1S/C11H24N2O2/c1-6-13(5)10(15)12-9(7-8-14)11(2,3)4/h9,14H,6-8H2,1-5H3,(H,12,15). The predicted octanol–water partition coefficient (Wildman–Crippen LogP) is 1.44. The number of amides is 2. The van der Waals surface area contributed by atoms with E-state index in [4.69, 9.17) is 5.11 Å². The molecule has 0 aromatic heterocycles. The summed E-state index contributed by atoms with van der Waals surface area (Å²) in [6.45, 7) is 8.87. The number of nitrogens with zero attached hydrogens (tertiary/aromatic N) is 1. The third-order valence-electron chi connectivity index (χ3n) is 2.58. The maximum absolute atomic E-state index is 11.6. The summed E-state index contributed by atoms with van der Waals surface area (Å²) in [5.41, 5.74) is -0.0348. The molecule has 2 N–H and O–H groups in total. The van der Waals surface area contributed by atoms with E-state index in [0.717, 1.165) is 0 Å². The molecular weight excluding hydrogens is 192 g/mol. The molecule has 0 fully saturated rings. The Labute approximate surface area is 92.7 Å². The summed E-state index contributed by atoms with van der Waals surface area (Å²) >= 11 is 0. The van der Waals surface area contributed by atoms with Gasteiger partial charge in [-0.25, -0.2) is 4.79 Å². The van der Waals surface area contributed by atoms with Gasteiger partial charge in [0, 0.05) is 26.2 Å². The van der Waals surface area contributed by atoms with E-state index in [9.17, 15) is 4.79 Å². The normalized spacial score (nSPS) is 13.5. The van der Waals surface area contributed by atoms with Crippen molar-refractivity contribution in [3.05, 3.63) is 0 Å². The van der Waals surface area contributed by atoms with Gasteiger partial charge in [0.1, 0.15) is 0 Å². The lowest BCUT2D eigenvalue weighted by atomic mass is 9.85. The van der Waals surface area contributed by atoms with Crippen LogP contribution < -0.4 is 5.32 Å². The molecule has 2 amide bonds. The Balaban J connectivity index is 4.35. The van der Waals surface area contributed by atoms with Crippen LogP contribution in [0.1, 0.15) is 34.1 Å². The molecule has 0 aliphatic rings. The average molecular weight is 216 g/mol. The molecule has 0 aliphatic carbocycles. The van der Waals surface area contributed by atoms with E-state index in [1.165, 1.54) is 0 Å². The molecule has 0 bridgehead atoms. The summed E-state index contributed by atoms with van der Waals surface area (Å²) in [4.78, 5) is 13.3. The molecule has 0 saturated heterocycles. The molecule has 0 aliphatic heterocycles. The number of rotatable bonds is 4. The van der Waals surface area contributed by atoms with Crippen molar-refractivity contribution in [3.63, 3.8) is 0 Å². The van der Waals surface area contributed by atoms with Gasteiger partial charge in [0.15, 0.2) is 0 Å². The van der Waals surface area contributed by atoms with Crippen LogP contribution in [-0.4, -0.2) is 42.3 Å². The van der Waals surface area contributed by atoms with Gasteiger partial charge in [-0.05, 0) is 18.8 Å². The van der Waals surface area contributed by atoms with Crippen molar-refractivity contribution < 1.29 is 9.90 Å². The molecule has 0 aromatic rings. The number of hydrogen-bond donors (Lipinski definition) is 2. The predicted molar refractivity (Wildman–Crippen MR) is 61.8 cm³/mol. The fourth-order valence-corrected chi connectivity index (χ4v) is 1.25. The molecule has 4 nitrogen and oxygen atoms in total. The van der Waals surface area contributed by atoms with E-state index < -0.39 is 0 Å². The second kappa shape index (κ2) is 5.95. The zero-order valence-electron chi connectivity index (χ0n) is 10.5. The lowest BCUT2D eigenvalue weighted by Crippen LogP contribution is -2.48. The van der Waals surface area contributed by atoms with Crippen molar-refractivity contribution in [1.29, 1.82) is 0 Å². The molecule has 1 atom stereocenters. The first-order valence-corrected chi connectivity index (χ1v) is 5.45. The Bertz CT molecular complexity index is 199. The zero-order chi connectivity index (χ0) is 12.1. The van der Waals surface area contributed by atoms with Gasteiger partial charge in [-0.2, -0.15) is 0 Å². The summed E-state index contributed by atoms with van der Waals surface area (Å²) in [5, 5.41) is 11.9. The smallest absolute Gasteiger partial charge is 0.317 e. The van der Waals surface area contributed by atoms with Crippen molar-refractivity contribution in [3.8, 4) is 0 Å². The average Bonchev–Trinajstić information content (AvgIpc) is 2.14. The molecular formula is C11H24N2O2. The fraction of sp³-hybridized carbons (Fsp3) is 0.909. The highest BCUT2D eigenvalue weighted by molar-refractivity contribution is 5.74. The quantitative estimate of drug-likeness (QED) is 0.747. The molecule has 90 valence electrons. The number of urea groups is 1. The minimum atomic E-state index is -0.0779. The van der Waals surface area contributed by atoms with Gasteiger partial charge in [-0.1, -0.05) is 20.8 Å². The third-order valence-corrected chi connectivity index (χ3v) is 2.58. The first-order valence-electron chi connectivity index (χ1n) is 5.45. The van der Waals surface area contributed by atoms with Crippen LogP contribution >= 0.6 is 0 Å². The van der Waals surface area contributed by atoms with E-state index in [0.29, 0.717) is 13.0 Å². The number of aliphatic hydroxyl groups is 1. The highest BCUT2D eigenvalue weighted by Gasteiger charge is 2.26. The summed E-state index contributed by atoms with van der Waals surface area (Å²) in [7, 11) is 1.76. The maximum Gasteiger partial charge on any atom is 0.317 e. The van der Waals surface area contributed by atoms with Gasteiger partial charge in [0.25, 0.3) is 0 Å². The lowest BCUT2D eigenvalue weighted by molar-refractivity contribution is 0.172. The number of aliphatic hydroxyl groups excluding tert-OH is 1. The highest BCUT2D eigenvalue weighted by atomic mass is 16.3. The van der Waals surface area contributed by atoms with Crippen molar-refractivity contribution in [1.82, 2.24) is 10.2 Å². The van der Waals surface area contributed by atoms with Crippen LogP contribution in [-0.2, 0) is 0 Å². The van der Waals surface area contributed by atoms with Crippen LogP contribution in [0.4, 0.5) is 4.79 Å². The molecule has 0 rings (SSSR count). The Hall–Kier alpha value is -0.770. The van der Waals surface area contributed by atoms with Gasteiger partial charge in [-0.15, -0.1) is 0 Å². The zero-order valence-corrected chi connectivity index (χ0v) is 10.5. The summed E-state index contributed by atoms with van der Waals surface area (Å²) < 4.78 is 0. The van der Waals surface area contributed by atoms with Crippen LogP contribution in [0.3, 0.4) is 0 Å². The van der Waals surface area contributed by atoms with Gasteiger partial charge >= 0.3 is 6.03 Å². The van der Waals surface area contributed by atoms with E-state index in [-0.39, 0.29) is 24.1 Å². The topological polar surface area (TPSA) is 52.6 Å². The number of nitrogens with one attached hydrogen (secondary N) is 1. The van der Waals surface area contributed by atoms with E-state index in [2.05, 4.69) is 26.1 Å². The SMILES string of the molecule is CCN(C)C(=O)NC(CCO)C(C)(C)C. The van der Waals surface area contributed by atoms with E-state index in [1.807, 2.05) is 6.92 Å². The third kappa shape index (κ3) is 5.02. The number of hydrogen-bond acceptors (Lipinski definition) is 2. The minimum Gasteiger partial charge on any atom is -0.396 e. The first-order chi connectivity index (χ1) is 6.82. The molecule has 4 heteroatoms. The van der Waals surface area contributed by atoms with E-state index in [1.54, 1.807) is 11.9 Å². The second-order valence-electron chi connectivity index (χ2n) is 4.89. The number of carbonyl (C=O) groups excluding carboxylic acids is 1. The van der Waals surface area contributed by atoms with Gasteiger partial charge in [0.05, 0.1) is 0 Å². The van der Waals surface area contributed by atoms with Crippen LogP contribution in [0.2, 0.25) is 0 Å². The van der Waals surface area contributed by atoms with Crippen molar-refractivity contribution in [2.75, 3.05) is 20.2 Å². The summed E-state index contributed by atoms with van der Waals surface area (Å²) in [5.74, 6) is 0. The maximum atomic E-state index is 11.6. The Morgan fingerprint density at radius 3 is 2.33 bits per heavy atom. The molecule has 1 unspecified atom stereocenters. The Morgan fingerprint density at radius 2 is 2.00 bits per heavy atom. The Morgan fingerprint density at radius 1 is 1.47 bits per heavy atom. The highest BCUT2D eigenvalue weighted by Crippen LogP contribution is 2.21. The van der Waals surface area contributed by atoms with Gasteiger partial charge in [0.2, 0.25) is 0 Å². The second-order valence-corrected chi connectivity index (χ2v) is 4.89. The van der Waals surface area contributed by atoms with Gasteiger partial charge < -0.3 is 15.3 Å². The van der Waals surface area contributed by atoms with Gasteiger partial charge in [-0.3, -0.25) is 0 Å². The minimum absolute atomic E-state index is 0.00370. The van der Waals surface area contributed by atoms with Crippen LogP contribution in [0, 0.1) is 5.41 Å². The summed E-state index contributed by atoms with van der Waals surface area (Å²) in [6, 6.07) is -0.0742. The molecule has 0 saturated carbocycles. The Kier molecular flexibility index (Phi) is 5.65. The van der Waals surface area contributed by atoms with Crippen molar-refractivity contribution in [2.24, 2.45) is 5.41 Å². The molecule has 0 aromatic carbocycles. The fourth-order valence-electron chi connectivity index (χ4n) is 1.25. The van der Waals surface area contributed by atoms with Crippen molar-refractivity contribution in [2.45, 2.75) is 40.2 Å². The largest absolute Gasteiger partial charge is 0.396 e. The number of carbonyl (C=O) groups is 1. The molecule has 0 radical (unpaired) electrons. The lowest BCUT2D eigenvalue weighted by Gasteiger charge is -2.32. The van der Waals surface area contributed by atoms with Crippen LogP contribution in [0.15, 0.2) is 0 Å². The molecule has 0 spiro atoms. The van der Waals surface area contributed by atoms with Crippen molar-refractivity contribution >= 4 is 6.03 Å². The van der Waals surface area contributed by atoms with Crippen LogP contribution in [0.5, 0.6) is 0 Å². The molecule has 0 heterocycles.